The lowest BCUT2D eigenvalue weighted by Crippen LogP contribution is -2.15. The fourth-order valence-corrected chi connectivity index (χ4v) is 4.90. The van der Waals surface area contributed by atoms with Crippen LogP contribution < -0.4 is 4.74 Å². The van der Waals surface area contributed by atoms with Crippen LogP contribution in [0.3, 0.4) is 0 Å². The minimum atomic E-state index is -3.71. The van der Waals surface area contributed by atoms with Gasteiger partial charge in [-0.15, -0.1) is 0 Å². The molecular weight excluding hydrogens is 390 g/mol. The molecule has 0 saturated carbocycles. The molecule has 3 aromatic rings. The van der Waals surface area contributed by atoms with Gasteiger partial charge in [-0.25, -0.2) is 17.9 Å². The summed E-state index contributed by atoms with van der Waals surface area (Å²) in [5.41, 5.74) is 0.822. The van der Waals surface area contributed by atoms with E-state index in [1.54, 1.807) is 30.5 Å². The van der Waals surface area contributed by atoms with Gasteiger partial charge in [0.2, 0.25) is 4.96 Å². The summed E-state index contributed by atoms with van der Waals surface area (Å²) in [6.45, 7) is 4.62. The van der Waals surface area contributed by atoms with Gasteiger partial charge in [-0.1, -0.05) is 11.3 Å². The van der Waals surface area contributed by atoms with Crippen molar-refractivity contribution < 1.29 is 23.4 Å². The number of aliphatic hydroxyl groups is 2. The maximum Gasteiger partial charge on any atom is 0.213 e. The third-order valence-corrected chi connectivity index (χ3v) is 6.96. The Hall–Kier alpha value is -2.01. The average molecular weight is 412 g/mol. The first-order valence-electron chi connectivity index (χ1n) is 8.19. The highest BCUT2D eigenvalue weighted by Crippen LogP contribution is 2.34. The molecule has 0 atom stereocenters. The Morgan fingerprint density at radius 3 is 2.63 bits per heavy atom. The van der Waals surface area contributed by atoms with Crippen molar-refractivity contribution in [2.75, 3.05) is 19.5 Å². The highest BCUT2D eigenvalue weighted by molar-refractivity contribution is 7.91. The molecule has 2 aromatic heterocycles. The van der Waals surface area contributed by atoms with Gasteiger partial charge in [-0.05, 0) is 39.0 Å². The molecule has 10 heteroatoms. The van der Waals surface area contributed by atoms with Crippen LogP contribution >= 0.6 is 11.3 Å². The first-order chi connectivity index (χ1) is 12.6. The summed E-state index contributed by atoms with van der Waals surface area (Å²) in [4.78, 5) is 5.09. The number of aromatic nitrogens is 3. The van der Waals surface area contributed by atoms with Gasteiger partial charge in [0, 0.05) is 5.56 Å². The molecule has 0 fully saturated rings. The Balaban J connectivity index is 2.22. The van der Waals surface area contributed by atoms with Crippen molar-refractivity contribution in [3.05, 3.63) is 28.9 Å². The Morgan fingerprint density at radius 1 is 1.33 bits per heavy atom. The summed E-state index contributed by atoms with van der Waals surface area (Å²) < 4.78 is 31.8. The van der Waals surface area contributed by atoms with E-state index in [4.69, 9.17) is 9.84 Å². The Morgan fingerprint density at radius 2 is 2.04 bits per heavy atom. The normalized spacial score (nSPS) is 12.7. The molecule has 0 aliphatic carbocycles. The predicted octanol–water partition coefficient (Wildman–Crippen LogP) is 1.77. The van der Waals surface area contributed by atoms with Crippen molar-refractivity contribution in [1.82, 2.24) is 14.6 Å². The second kappa shape index (κ2) is 6.86. The van der Waals surface area contributed by atoms with E-state index in [0.717, 1.165) is 0 Å². The fourth-order valence-electron chi connectivity index (χ4n) is 2.72. The number of fused-ring (bicyclic) bond motifs is 1. The maximum atomic E-state index is 12.5. The van der Waals surface area contributed by atoms with E-state index < -0.39 is 27.8 Å². The molecule has 0 saturated heterocycles. The Bertz CT molecular complexity index is 1090. The minimum Gasteiger partial charge on any atom is -0.495 e. The molecule has 27 heavy (non-hydrogen) atoms. The quantitative estimate of drug-likeness (QED) is 0.635. The molecule has 0 aliphatic rings. The molecule has 0 spiro atoms. The highest BCUT2D eigenvalue weighted by atomic mass is 32.2. The number of rotatable bonds is 6. The smallest absolute Gasteiger partial charge is 0.213 e. The number of aliphatic hydroxyl groups excluding tert-OH is 1. The number of sulfone groups is 1. The second-order valence-corrected chi connectivity index (χ2v) is 9.65. The summed E-state index contributed by atoms with van der Waals surface area (Å²) in [6.07, 6.45) is 0. The third-order valence-electron chi connectivity index (χ3n) is 4.03. The number of methoxy groups -OCH3 is 1. The van der Waals surface area contributed by atoms with E-state index in [1.165, 1.54) is 24.5 Å². The summed E-state index contributed by atoms with van der Waals surface area (Å²) in [5.74, 6) is -0.186. The summed E-state index contributed by atoms with van der Waals surface area (Å²) in [5, 5.41) is 24.2. The van der Waals surface area contributed by atoms with Crippen LogP contribution in [-0.2, 0) is 15.4 Å². The second-order valence-electron chi connectivity index (χ2n) is 6.61. The van der Waals surface area contributed by atoms with Crippen LogP contribution in [0.2, 0.25) is 0 Å². The van der Waals surface area contributed by atoms with Gasteiger partial charge in [0.15, 0.2) is 9.84 Å². The highest BCUT2D eigenvalue weighted by Gasteiger charge is 2.26. The van der Waals surface area contributed by atoms with E-state index >= 15 is 0 Å². The lowest BCUT2D eigenvalue weighted by molar-refractivity contribution is 0.0773. The summed E-state index contributed by atoms with van der Waals surface area (Å²) in [7, 11) is -2.32. The molecule has 146 valence electrons. The zero-order chi connectivity index (χ0) is 20.0. The molecule has 1 aromatic carbocycles. The van der Waals surface area contributed by atoms with Crippen LogP contribution in [0, 0.1) is 6.92 Å². The van der Waals surface area contributed by atoms with E-state index in [-0.39, 0.29) is 10.6 Å². The van der Waals surface area contributed by atoms with Crippen molar-refractivity contribution in [1.29, 1.82) is 0 Å². The standard InChI is InChI=1S/C17H21N3O5S2/c1-10-14(20-16(18-10)26-15(19-20)17(2,3)22)11-5-6-12(25-4)13(9-11)27(23,24)8-7-21/h5-6,9,21-22H,7-8H2,1-4H3. The number of benzene rings is 1. The lowest BCUT2D eigenvalue weighted by Gasteiger charge is -2.12. The van der Waals surface area contributed by atoms with Gasteiger partial charge in [-0.3, -0.25) is 0 Å². The zero-order valence-corrected chi connectivity index (χ0v) is 17.1. The molecular formula is C17H21N3O5S2. The monoisotopic (exact) mass is 411 g/mol. The molecule has 8 nitrogen and oxygen atoms in total. The zero-order valence-electron chi connectivity index (χ0n) is 15.4. The van der Waals surface area contributed by atoms with Gasteiger partial charge >= 0.3 is 0 Å². The average Bonchev–Trinajstić information content (AvgIpc) is 3.10. The van der Waals surface area contributed by atoms with Gasteiger partial charge in [0.25, 0.3) is 0 Å². The first kappa shape index (κ1) is 19.7. The molecule has 3 rings (SSSR count). The molecule has 0 radical (unpaired) electrons. The SMILES string of the molecule is COc1ccc(-c2c(C)nc3sc(C(C)(C)O)nn23)cc1S(=O)(=O)CCO. The Labute approximate surface area is 161 Å². The summed E-state index contributed by atoms with van der Waals surface area (Å²) in [6, 6.07) is 4.81. The number of nitrogens with zero attached hydrogens (tertiary/aromatic N) is 3. The number of hydrogen-bond donors (Lipinski definition) is 2. The first-order valence-corrected chi connectivity index (χ1v) is 10.7. The number of aryl methyl sites for hydroxylation is 1. The number of hydrogen-bond acceptors (Lipinski definition) is 8. The maximum absolute atomic E-state index is 12.5. The minimum absolute atomic E-state index is 0.00356. The number of imidazole rings is 1. The van der Waals surface area contributed by atoms with Crippen LogP contribution in [-0.4, -0.2) is 52.7 Å². The van der Waals surface area contributed by atoms with Gasteiger partial charge in [-0.2, -0.15) is 5.10 Å². The van der Waals surface area contributed by atoms with E-state index in [9.17, 15) is 13.5 Å². The van der Waals surface area contributed by atoms with Gasteiger partial charge in [0.1, 0.15) is 21.3 Å². The number of ether oxygens (including phenoxy) is 1. The third kappa shape index (κ3) is 3.57. The van der Waals surface area contributed by atoms with E-state index in [1.807, 2.05) is 6.92 Å². The summed E-state index contributed by atoms with van der Waals surface area (Å²) >= 11 is 1.27. The van der Waals surface area contributed by atoms with Gasteiger partial charge in [0.05, 0.1) is 30.9 Å². The van der Waals surface area contributed by atoms with Crippen molar-refractivity contribution in [3.63, 3.8) is 0 Å². The largest absolute Gasteiger partial charge is 0.495 e. The van der Waals surface area contributed by atoms with Crippen molar-refractivity contribution in [2.45, 2.75) is 31.3 Å². The van der Waals surface area contributed by atoms with Gasteiger partial charge < -0.3 is 14.9 Å². The van der Waals surface area contributed by atoms with Crippen LogP contribution in [0.25, 0.3) is 16.2 Å². The molecule has 0 bridgehead atoms. The van der Waals surface area contributed by atoms with E-state index in [0.29, 0.717) is 26.9 Å². The van der Waals surface area contributed by atoms with E-state index in [2.05, 4.69) is 10.1 Å². The van der Waals surface area contributed by atoms with Crippen LogP contribution in [0.1, 0.15) is 24.5 Å². The van der Waals surface area contributed by atoms with Crippen LogP contribution in [0.15, 0.2) is 23.1 Å². The molecule has 2 N–H and O–H groups in total. The van der Waals surface area contributed by atoms with Crippen LogP contribution in [0.5, 0.6) is 5.75 Å². The molecule has 0 aliphatic heterocycles. The lowest BCUT2D eigenvalue weighted by atomic mass is 10.1. The topological polar surface area (TPSA) is 114 Å². The molecule has 0 unspecified atom stereocenters. The van der Waals surface area contributed by atoms with Crippen molar-refractivity contribution in [2.24, 2.45) is 0 Å². The molecule has 2 heterocycles. The Kier molecular flexibility index (Phi) is 5.02. The van der Waals surface area contributed by atoms with Crippen molar-refractivity contribution >= 4 is 26.1 Å². The van der Waals surface area contributed by atoms with Crippen LogP contribution in [0.4, 0.5) is 0 Å². The fraction of sp³-hybridized carbons (Fsp3) is 0.412. The molecule has 0 amide bonds. The predicted molar refractivity (Wildman–Crippen MR) is 102 cm³/mol. The van der Waals surface area contributed by atoms with Crippen molar-refractivity contribution in [3.8, 4) is 17.0 Å².